The van der Waals surface area contributed by atoms with Gasteiger partial charge in [0.05, 0.1) is 0 Å². The third-order valence-corrected chi connectivity index (χ3v) is 1.50. The molecule has 74 valence electrons. The van der Waals surface area contributed by atoms with Gasteiger partial charge in [0, 0.05) is 7.11 Å². The summed E-state index contributed by atoms with van der Waals surface area (Å²) in [5, 5.41) is 14.6. The molecule has 3 N–H and O–H groups in total. The smallest absolute Gasteiger partial charge is 0.154 e. The Morgan fingerprint density at radius 2 is 1.17 bits per heavy atom. The van der Waals surface area contributed by atoms with Crippen LogP contribution in [0.2, 0.25) is 0 Å². The van der Waals surface area contributed by atoms with Crippen molar-refractivity contribution >= 4 is 0 Å². The van der Waals surface area contributed by atoms with Crippen LogP contribution >= 0.6 is 0 Å². The lowest BCUT2D eigenvalue weighted by atomic mass is 10.0. The van der Waals surface area contributed by atoms with Gasteiger partial charge in [-0.05, 0) is 0 Å². The summed E-state index contributed by atoms with van der Waals surface area (Å²) in [7, 11) is 1.00. The van der Waals surface area contributed by atoms with Crippen LogP contribution in [0.3, 0.4) is 0 Å². The Bertz CT molecular complexity index is 79.1. The van der Waals surface area contributed by atoms with Gasteiger partial charge in [-0.15, -0.1) is 0 Å². The molecule has 0 unspecified atom stereocenters. The second-order valence-electron chi connectivity index (χ2n) is 2.41. The van der Waals surface area contributed by atoms with Crippen molar-refractivity contribution in [3.8, 4) is 0 Å². The van der Waals surface area contributed by atoms with Crippen LogP contribution in [0.1, 0.15) is 38.5 Å². The topological polar surface area (TPSA) is 89.4 Å². The minimum absolute atomic E-state index is 1.00. The normalized spacial score (nSPS) is 14.5. The van der Waals surface area contributed by atoms with E-state index in [4.69, 9.17) is 15.2 Å². The van der Waals surface area contributed by atoms with Gasteiger partial charge in [0.1, 0.15) is 0 Å². The van der Waals surface area contributed by atoms with E-state index >= 15 is 0 Å². The van der Waals surface area contributed by atoms with Crippen LogP contribution < -0.4 is 5.84 Å². The van der Waals surface area contributed by atoms with Gasteiger partial charge in [-0.25, -0.2) is 10.1 Å². The summed E-state index contributed by atoms with van der Waals surface area (Å²) < 4.78 is 0. The van der Waals surface area contributed by atoms with E-state index in [2.05, 4.69) is 5.84 Å². The van der Waals surface area contributed by atoms with Crippen LogP contribution in [0.25, 0.3) is 0 Å². The average Bonchev–Trinajstić information content (AvgIpc) is 2.10. The van der Waals surface area contributed by atoms with Crippen LogP contribution in [-0.4, -0.2) is 17.2 Å². The van der Waals surface area contributed by atoms with Gasteiger partial charge in [0.2, 0.25) is 0 Å². The molecule has 0 spiro atoms. The van der Waals surface area contributed by atoms with Crippen molar-refractivity contribution in [2.24, 2.45) is 5.84 Å². The van der Waals surface area contributed by atoms with Crippen molar-refractivity contribution in [1.82, 2.24) is 0 Å². The SMILES string of the molecule is C1CCCCC1.CO.N[N+](=O)[O-]. The number of hydrogen-bond acceptors (Lipinski definition) is 3. The van der Waals surface area contributed by atoms with Crippen molar-refractivity contribution in [2.75, 3.05) is 7.11 Å². The van der Waals surface area contributed by atoms with Crippen molar-refractivity contribution in [3.05, 3.63) is 10.1 Å². The van der Waals surface area contributed by atoms with E-state index in [1.54, 1.807) is 0 Å². The van der Waals surface area contributed by atoms with Crippen molar-refractivity contribution in [3.63, 3.8) is 0 Å². The molecule has 0 aromatic carbocycles. The number of hydrazine groups is 1. The summed E-state index contributed by atoms with van der Waals surface area (Å²) in [5.74, 6) is 3.83. The molecule has 0 aromatic rings. The van der Waals surface area contributed by atoms with Crippen molar-refractivity contribution < 1.29 is 10.1 Å². The van der Waals surface area contributed by atoms with E-state index in [1.807, 2.05) is 0 Å². The number of nitrogens with zero attached hydrogens (tertiary/aromatic N) is 1. The molecule has 12 heavy (non-hydrogen) atoms. The maximum atomic E-state index is 8.58. The predicted molar refractivity (Wildman–Crippen MR) is 47.0 cm³/mol. The average molecular weight is 178 g/mol. The third kappa shape index (κ3) is 22.9. The Morgan fingerprint density at radius 1 is 1.08 bits per heavy atom. The van der Waals surface area contributed by atoms with E-state index in [9.17, 15) is 0 Å². The molecule has 0 atom stereocenters. The first kappa shape index (κ1) is 13.7. The summed E-state index contributed by atoms with van der Waals surface area (Å²) in [5.41, 5.74) is 0. The van der Waals surface area contributed by atoms with Gasteiger partial charge in [-0.3, -0.25) is 0 Å². The lowest BCUT2D eigenvalue weighted by Crippen LogP contribution is -2.04. The molecule has 1 rings (SSSR count). The number of rotatable bonds is 0. The van der Waals surface area contributed by atoms with Crippen LogP contribution in [0.15, 0.2) is 0 Å². The minimum Gasteiger partial charge on any atom is -0.400 e. The fourth-order valence-electron chi connectivity index (χ4n) is 1.06. The minimum atomic E-state index is -1.00. The Hall–Kier alpha value is -0.840. The Kier molecular flexibility index (Phi) is 14.6. The van der Waals surface area contributed by atoms with Crippen LogP contribution in [0.4, 0.5) is 0 Å². The molecule has 5 nitrogen and oxygen atoms in total. The highest BCUT2D eigenvalue weighted by Gasteiger charge is 1.95. The third-order valence-electron chi connectivity index (χ3n) is 1.50. The molecule has 5 heteroatoms. The van der Waals surface area contributed by atoms with Gasteiger partial charge in [-0.2, -0.15) is 5.84 Å². The summed E-state index contributed by atoms with van der Waals surface area (Å²) in [6, 6.07) is 0. The highest BCUT2D eigenvalue weighted by atomic mass is 16.7. The monoisotopic (exact) mass is 178 g/mol. The van der Waals surface area contributed by atoms with Crippen LogP contribution in [0, 0.1) is 10.1 Å². The second kappa shape index (κ2) is 12.8. The first-order valence-electron chi connectivity index (χ1n) is 4.07. The molecule has 0 radical (unpaired) electrons. The number of nitro groups is 1. The zero-order valence-corrected chi connectivity index (χ0v) is 7.53. The fourth-order valence-corrected chi connectivity index (χ4v) is 1.06. The second-order valence-corrected chi connectivity index (χ2v) is 2.41. The molecule has 1 aliphatic rings. The lowest BCUT2D eigenvalue weighted by Gasteiger charge is -2.05. The highest BCUT2D eigenvalue weighted by Crippen LogP contribution is 2.15. The molecule has 0 aromatic heterocycles. The molecular formula is C7H18N2O3. The maximum absolute atomic E-state index is 8.58. The molecule has 0 saturated heterocycles. The summed E-state index contributed by atoms with van der Waals surface area (Å²) >= 11 is 0. The molecule has 0 heterocycles. The molecular weight excluding hydrogens is 160 g/mol. The van der Waals surface area contributed by atoms with Gasteiger partial charge in [0.15, 0.2) is 5.03 Å². The Morgan fingerprint density at radius 3 is 1.25 bits per heavy atom. The molecule has 1 aliphatic carbocycles. The molecule has 0 bridgehead atoms. The standard InChI is InChI=1S/C6H12.CH4O.H2N2O2/c1-2-4-6-5-3-1;1-2;1-2(3)4/h1-6H2;2H,1H3;1H2. The summed E-state index contributed by atoms with van der Waals surface area (Å²) in [6.07, 6.45) is 9.00. The van der Waals surface area contributed by atoms with Gasteiger partial charge < -0.3 is 5.11 Å². The van der Waals surface area contributed by atoms with Crippen molar-refractivity contribution in [2.45, 2.75) is 38.5 Å². The number of aliphatic hydroxyl groups excluding tert-OH is 1. The van der Waals surface area contributed by atoms with E-state index in [-0.39, 0.29) is 0 Å². The van der Waals surface area contributed by atoms with Gasteiger partial charge in [0.25, 0.3) is 0 Å². The summed E-state index contributed by atoms with van der Waals surface area (Å²) in [6.45, 7) is 0. The summed E-state index contributed by atoms with van der Waals surface area (Å²) in [4.78, 5) is 8.58. The first-order valence-corrected chi connectivity index (χ1v) is 4.07. The quantitative estimate of drug-likeness (QED) is 0.330. The van der Waals surface area contributed by atoms with Crippen LogP contribution in [-0.2, 0) is 0 Å². The number of nitrogens with two attached hydrogens (primary N) is 1. The number of hydrogen-bond donors (Lipinski definition) is 2. The molecule has 0 aliphatic heterocycles. The number of aliphatic hydroxyl groups is 1. The largest absolute Gasteiger partial charge is 0.400 e. The zero-order chi connectivity index (χ0) is 9.82. The van der Waals surface area contributed by atoms with Crippen molar-refractivity contribution in [1.29, 1.82) is 0 Å². The van der Waals surface area contributed by atoms with Gasteiger partial charge >= 0.3 is 0 Å². The predicted octanol–water partition coefficient (Wildman–Crippen LogP) is 1.09. The van der Waals surface area contributed by atoms with E-state index < -0.39 is 5.03 Å². The van der Waals surface area contributed by atoms with E-state index in [0.29, 0.717) is 0 Å². The molecule has 0 amide bonds. The van der Waals surface area contributed by atoms with Crippen LogP contribution in [0.5, 0.6) is 0 Å². The Labute approximate surface area is 72.7 Å². The van der Waals surface area contributed by atoms with Gasteiger partial charge in [-0.1, -0.05) is 38.5 Å². The van der Waals surface area contributed by atoms with E-state index in [0.717, 1.165) is 7.11 Å². The molecule has 1 saturated carbocycles. The highest BCUT2D eigenvalue weighted by molar-refractivity contribution is 4.51. The molecule has 1 fully saturated rings. The first-order chi connectivity index (χ1) is 5.73. The fraction of sp³-hybridized carbons (Fsp3) is 1.00. The maximum Gasteiger partial charge on any atom is 0.154 e. The Balaban J connectivity index is 0. The zero-order valence-electron chi connectivity index (χ0n) is 7.53. The van der Waals surface area contributed by atoms with E-state index in [1.165, 1.54) is 38.5 Å². The lowest BCUT2D eigenvalue weighted by molar-refractivity contribution is -0.491.